The van der Waals surface area contributed by atoms with Crippen LogP contribution in [0.2, 0.25) is 5.02 Å². The van der Waals surface area contributed by atoms with Crippen LogP contribution in [-0.2, 0) is 11.3 Å². The van der Waals surface area contributed by atoms with Crippen molar-refractivity contribution >= 4 is 23.2 Å². The number of ether oxygens (including phenoxy) is 2. The number of methoxy groups -OCH3 is 2. The average Bonchev–Trinajstić information content (AvgIpc) is 2.89. The summed E-state index contributed by atoms with van der Waals surface area (Å²) in [6.45, 7) is 3.23. The van der Waals surface area contributed by atoms with Gasteiger partial charge < -0.3 is 19.3 Å². The normalized spacial score (nSPS) is 13.6. The van der Waals surface area contributed by atoms with Crippen molar-refractivity contribution in [3.63, 3.8) is 0 Å². The number of piperazine rings is 1. The Morgan fingerprint density at radius 2 is 1.74 bits per heavy atom. The first-order valence-electron chi connectivity index (χ1n) is 11.6. The average molecular weight is 497 g/mol. The van der Waals surface area contributed by atoms with Gasteiger partial charge in [0.1, 0.15) is 0 Å². The Balaban J connectivity index is 1.32. The highest BCUT2D eigenvalue weighted by Gasteiger charge is 2.21. The first-order chi connectivity index (χ1) is 17.0. The van der Waals surface area contributed by atoms with Crippen molar-refractivity contribution in [1.29, 1.82) is 0 Å². The molecule has 2 aromatic carbocycles. The molecule has 3 aromatic rings. The largest absolute Gasteiger partial charge is 0.493 e. The number of nitrogens with zero attached hydrogens (tertiary/aromatic N) is 4. The Morgan fingerprint density at radius 1 is 0.971 bits per heavy atom. The third-order valence-electron chi connectivity index (χ3n) is 6.11. The van der Waals surface area contributed by atoms with Gasteiger partial charge in [-0.25, -0.2) is 4.68 Å². The fraction of sp³-hybridized carbons (Fsp3) is 0.346. The van der Waals surface area contributed by atoms with E-state index in [0.717, 1.165) is 24.3 Å². The van der Waals surface area contributed by atoms with Gasteiger partial charge in [-0.15, -0.1) is 0 Å². The zero-order valence-electron chi connectivity index (χ0n) is 19.9. The molecule has 1 amide bonds. The number of carbonyl (C=O) groups is 1. The van der Waals surface area contributed by atoms with Crippen molar-refractivity contribution in [2.45, 2.75) is 19.4 Å². The molecule has 8 nitrogen and oxygen atoms in total. The smallest absolute Gasteiger partial charge is 0.266 e. The second-order valence-electron chi connectivity index (χ2n) is 8.30. The van der Waals surface area contributed by atoms with Gasteiger partial charge in [0.15, 0.2) is 11.5 Å². The molecular formula is C26H29ClN4O4. The van der Waals surface area contributed by atoms with Gasteiger partial charge >= 0.3 is 0 Å². The number of aromatic nitrogens is 2. The number of hydrogen-bond acceptors (Lipinski definition) is 6. The Bertz CT molecular complexity index is 1240. The van der Waals surface area contributed by atoms with Crippen LogP contribution in [0.3, 0.4) is 0 Å². The second-order valence-corrected chi connectivity index (χ2v) is 8.74. The molecule has 9 heteroatoms. The Morgan fingerprint density at radius 3 is 2.46 bits per heavy atom. The molecule has 0 aliphatic carbocycles. The van der Waals surface area contributed by atoms with Crippen molar-refractivity contribution in [3.8, 4) is 22.8 Å². The number of carbonyl (C=O) groups excluding carboxylic acids is 1. The lowest BCUT2D eigenvalue weighted by molar-refractivity contribution is -0.131. The lowest BCUT2D eigenvalue weighted by Gasteiger charge is -2.36. The summed E-state index contributed by atoms with van der Waals surface area (Å²) in [6.07, 6.45) is 0.904. The van der Waals surface area contributed by atoms with Gasteiger partial charge in [0.25, 0.3) is 5.56 Å². The fourth-order valence-electron chi connectivity index (χ4n) is 4.18. The predicted molar refractivity (Wildman–Crippen MR) is 137 cm³/mol. The summed E-state index contributed by atoms with van der Waals surface area (Å²) >= 11 is 6.10. The first kappa shape index (κ1) is 24.6. The van der Waals surface area contributed by atoms with Crippen LogP contribution in [0.5, 0.6) is 11.5 Å². The van der Waals surface area contributed by atoms with Crippen molar-refractivity contribution in [2.24, 2.45) is 0 Å². The molecule has 4 rings (SSSR count). The van der Waals surface area contributed by atoms with Gasteiger partial charge in [0.05, 0.1) is 19.9 Å². The summed E-state index contributed by atoms with van der Waals surface area (Å²) in [7, 11) is 3.15. The quantitative estimate of drug-likeness (QED) is 0.473. The molecule has 0 N–H and O–H groups in total. The molecule has 0 atom stereocenters. The molecule has 1 aliphatic heterocycles. The van der Waals surface area contributed by atoms with E-state index in [-0.39, 0.29) is 11.5 Å². The van der Waals surface area contributed by atoms with E-state index in [9.17, 15) is 9.59 Å². The molecule has 1 aliphatic rings. The second kappa shape index (κ2) is 11.3. The van der Waals surface area contributed by atoms with Crippen LogP contribution in [0.4, 0.5) is 5.69 Å². The maximum atomic E-state index is 12.7. The topological polar surface area (TPSA) is 76.9 Å². The van der Waals surface area contributed by atoms with Crippen LogP contribution in [0.15, 0.2) is 59.4 Å². The van der Waals surface area contributed by atoms with E-state index in [1.807, 2.05) is 41.3 Å². The number of anilines is 1. The fourth-order valence-corrected chi connectivity index (χ4v) is 4.37. The minimum atomic E-state index is -0.197. The van der Waals surface area contributed by atoms with Crippen LogP contribution in [0, 0.1) is 0 Å². The summed E-state index contributed by atoms with van der Waals surface area (Å²) in [5.41, 5.74) is 2.33. The molecule has 2 heterocycles. The molecular weight excluding hydrogens is 468 g/mol. The van der Waals surface area contributed by atoms with Crippen molar-refractivity contribution in [2.75, 3.05) is 45.3 Å². The Labute approximate surface area is 209 Å². The van der Waals surface area contributed by atoms with Crippen LogP contribution < -0.4 is 19.9 Å². The lowest BCUT2D eigenvalue weighted by Crippen LogP contribution is -2.48. The van der Waals surface area contributed by atoms with Crippen LogP contribution in [0.1, 0.15) is 12.8 Å². The molecule has 0 radical (unpaired) electrons. The number of halogens is 1. The summed E-state index contributed by atoms with van der Waals surface area (Å²) in [5, 5.41) is 5.21. The summed E-state index contributed by atoms with van der Waals surface area (Å²) in [5.74, 6) is 1.31. The maximum Gasteiger partial charge on any atom is 0.266 e. The molecule has 0 saturated carbocycles. The van der Waals surface area contributed by atoms with Crippen molar-refractivity contribution < 1.29 is 14.3 Å². The molecule has 35 heavy (non-hydrogen) atoms. The summed E-state index contributed by atoms with van der Waals surface area (Å²) < 4.78 is 12.1. The number of amides is 1. The highest BCUT2D eigenvalue weighted by atomic mass is 35.5. The zero-order valence-corrected chi connectivity index (χ0v) is 20.7. The third-order valence-corrected chi connectivity index (χ3v) is 6.35. The van der Waals surface area contributed by atoms with E-state index in [2.05, 4.69) is 10.00 Å². The van der Waals surface area contributed by atoms with Gasteiger partial charge in [-0.1, -0.05) is 17.7 Å². The molecule has 1 aromatic heterocycles. The first-order valence-corrected chi connectivity index (χ1v) is 11.9. The highest BCUT2D eigenvalue weighted by Crippen LogP contribution is 2.31. The van der Waals surface area contributed by atoms with Gasteiger partial charge in [-0.3, -0.25) is 9.59 Å². The van der Waals surface area contributed by atoms with Crippen LogP contribution in [0.25, 0.3) is 11.3 Å². The zero-order chi connectivity index (χ0) is 24.8. The van der Waals surface area contributed by atoms with E-state index < -0.39 is 0 Å². The molecule has 184 valence electrons. The minimum absolute atomic E-state index is 0.0971. The molecule has 1 fully saturated rings. The predicted octanol–water partition coefficient (Wildman–Crippen LogP) is 3.71. The van der Waals surface area contributed by atoms with Gasteiger partial charge in [0.2, 0.25) is 5.91 Å². The van der Waals surface area contributed by atoms with E-state index in [1.165, 1.54) is 10.7 Å². The number of hydrogen-bond donors (Lipinski definition) is 0. The van der Waals surface area contributed by atoms with E-state index in [1.54, 1.807) is 26.4 Å². The summed E-state index contributed by atoms with van der Waals surface area (Å²) in [6, 6.07) is 16.4. The highest BCUT2D eigenvalue weighted by molar-refractivity contribution is 6.30. The van der Waals surface area contributed by atoms with Crippen LogP contribution >= 0.6 is 11.6 Å². The number of rotatable bonds is 8. The molecule has 0 bridgehead atoms. The standard InChI is InChI=1S/C26H29ClN4O4/c1-34-23-10-8-19(17-24(23)35-2)22-9-11-26(33)31(28-22)12-4-7-25(32)30-15-13-29(14-16-30)21-6-3-5-20(27)18-21/h3,5-6,8-11,17-18H,4,7,12-16H2,1-2H3. The SMILES string of the molecule is COc1ccc(-c2ccc(=O)n(CCCC(=O)N3CCN(c4cccc(Cl)c4)CC3)n2)cc1OC. The van der Waals surface area contributed by atoms with Crippen molar-refractivity contribution in [3.05, 3.63) is 70.0 Å². The van der Waals surface area contributed by atoms with E-state index >= 15 is 0 Å². The van der Waals surface area contributed by atoms with Crippen molar-refractivity contribution in [1.82, 2.24) is 14.7 Å². The molecule has 1 saturated heterocycles. The van der Waals surface area contributed by atoms with Gasteiger partial charge in [-0.2, -0.15) is 5.10 Å². The van der Waals surface area contributed by atoms with E-state index in [4.69, 9.17) is 21.1 Å². The lowest BCUT2D eigenvalue weighted by atomic mass is 10.1. The molecule has 0 spiro atoms. The van der Waals surface area contributed by atoms with Crippen LogP contribution in [-0.4, -0.2) is 61.0 Å². The number of aryl methyl sites for hydroxylation is 1. The minimum Gasteiger partial charge on any atom is -0.493 e. The number of benzene rings is 2. The monoisotopic (exact) mass is 496 g/mol. The maximum absolute atomic E-state index is 12.7. The van der Waals surface area contributed by atoms with E-state index in [0.29, 0.717) is 54.7 Å². The van der Waals surface area contributed by atoms with Gasteiger partial charge in [0, 0.05) is 61.5 Å². The molecule has 0 unspecified atom stereocenters. The summed E-state index contributed by atoms with van der Waals surface area (Å²) in [4.78, 5) is 29.2. The Kier molecular flexibility index (Phi) is 7.92. The third kappa shape index (κ3) is 5.95. The van der Waals surface area contributed by atoms with Gasteiger partial charge in [-0.05, 0) is 48.9 Å². The Hall–Kier alpha value is -3.52.